The van der Waals surface area contributed by atoms with Gasteiger partial charge < -0.3 is 14.8 Å². The fourth-order valence-corrected chi connectivity index (χ4v) is 4.56. The fraction of sp³-hybridized carbons (Fsp3) is 0.161. The predicted molar refractivity (Wildman–Crippen MR) is 147 cm³/mol. The van der Waals surface area contributed by atoms with Gasteiger partial charge in [0, 0.05) is 24.7 Å². The summed E-state index contributed by atoms with van der Waals surface area (Å²) >= 11 is 6.38. The molecule has 0 saturated heterocycles. The molecule has 0 aliphatic rings. The number of rotatable bonds is 9. The molecule has 0 bridgehead atoms. The third kappa shape index (κ3) is 6.26. The Labute approximate surface area is 230 Å². The SMILES string of the molecule is CNC(=O)c1cccc(-c2cccc(COc3cc(OCc4cc(F)cc(F)c4)c(C=O)cc3Cl)c2C)c1C. The molecule has 0 aromatic heterocycles. The Balaban J connectivity index is 1.58. The molecule has 0 atom stereocenters. The molecule has 4 aromatic carbocycles. The molecule has 0 aliphatic carbocycles. The van der Waals surface area contributed by atoms with Crippen molar-refractivity contribution in [2.24, 2.45) is 0 Å². The van der Waals surface area contributed by atoms with Gasteiger partial charge in [0.2, 0.25) is 0 Å². The van der Waals surface area contributed by atoms with Crippen molar-refractivity contribution >= 4 is 23.8 Å². The summed E-state index contributed by atoms with van der Waals surface area (Å²) in [5.41, 5.74) is 5.68. The van der Waals surface area contributed by atoms with Crippen molar-refractivity contribution in [1.82, 2.24) is 5.32 Å². The van der Waals surface area contributed by atoms with Gasteiger partial charge in [-0.1, -0.05) is 41.9 Å². The van der Waals surface area contributed by atoms with Crippen molar-refractivity contribution in [3.8, 4) is 22.6 Å². The van der Waals surface area contributed by atoms with E-state index in [1.54, 1.807) is 13.1 Å². The van der Waals surface area contributed by atoms with Crippen molar-refractivity contribution < 1.29 is 27.8 Å². The summed E-state index contributed by atoms with van der Waals surface area (Å²) in [6, 6.07) is 17.4. The Morgan fingerprint density at radius 3 is 2.18 bits per heavy atom. The number of benzene rings is 4. The van der Waals surface area contributed by atoms with E-state index in [0.29, 0.717) is 11.8 Å². The molecular weight excluding hydrogens is 524 g/mol. The molecule has 0 fully saturated rings. The van der Waals surface area contributed by atoms with Gasteiger partial charge in [0.15, 0.2) is 6.29 Å². The maximum Gasteiger partial charge on any atom is 0.251 e. The molecule has 8 heteroatoms. The number of amides is 1. The van der Waals surface area contributed by atoms with Crippen LogP contribution in [-0.4, -0.2) is 19.2 Å². The predicted octanol–water partition coefficient (Wildman–Crippen LogP) is 7.23. The van der Waals surface area contributed by atoms with E-state index in [9.17, 15) is 18.4 Å². The van der Waals surface area contributed by atoms with Crippen LogP contribution in [0.2, 0.25) is 5.02 Å². The van der Waals surface area contributed by atoms with E-state index in [4.69, 9.17) is 21.1 Å². The first-order valence-corrected chi connectivity index (χ1v) is 12.5. The summed E-state index contributed by atoms with van der Waals surface area (Å²) < 4.78 is 38.8. The first-order chi connectivity index (χ1) is 18.7. The second-order valence-electron chi connectivity index (χ2n) is 8.94. The van der Waals surface area contributed by atoms with Crippen LogP contribution in [0.1, 0.15) is 43.0 Å². The molecule has 0 radical (unpaired) electrons. The van der Waals surface area contributed by atoms with Crippen molar-refractivity contribution in [1.29, 1.82) is 0 Å². The van der Waals surface area contributed by atoms with E-state index >= 15 is 0 Å². The minimum Gasteiger partial charge on any atom is -0.488 e. The standard InChI is InChI=1S/C31H26ClF2NO4/c1-18-21(6-4-7-25(18)26-8-5-9-27(19(26)2)31(37)35-3)17-39-30-14-29(22(15-36)12-28(30)32)38-16-20-10-23(33)13-24(34)11-20/h4-15H,16-17H2,1-3H3,(H,35,37). The van der Waals surface area contributed by atoms with Crippen LogP contribution in [0.25, 0.3) is 11.1 Å². The molecule has 1 N–H and O–H groups in total. The maximum atomic E-state index is 13.5. The van der Waals surface area contributed by atoms with Gasteiger partial charge in [-0.05, 0) is 71.5 Å². The first-order valence-electron chi connectivity index (χ1n) is 12.1. The van der Waals surface area contributed by atoms with Crippen LogP contribution >= 0.6 is 11.6 Å². The van der Waals surface area contributed by atoms with Crippen LogP contribution < -0.4 is 14.8 Å². The summed E-state index contributed by atoms with van der Waals surface area (Å²) in [6.45, 7) is 3.90. The lowest BCUT2D eigenvalue weighted by Gasteiger charge is -2.17. The minimum absolute atomic E-state index is 0.152. The van der Waals surface area contributed by atoms with Gasteiger partial charge in [-0.2, -0.15) is 0 Å². The van der Waals surface area contributed by atoms with Gasteiger partial charge in [0.05, 0.1) is 10.6 Å². The lowest BCUT2D eigenvalue weighted by molar-refractivity contribution is 0.0962. The van der Waals surface area contributed by atoms with E-state index in [0.717, 1.165) is 46.0 Å². The number of hydrogen-bond donors (Lipinski definition) is 1. The van der Waals surface area contributed by atoms with Gasteiger partial charge in [0.25, 0.3) is 5.91 Å². The normalized spacial score (nSPS) is 10.7. The third-order valence-corrected chi connectivity index (χ3v) is 6.73. The van der Waals surface area contributed by atoms with E-state index < -0.39 is 11.6 Å². The quantitative estimate of drug-likeness (QED) is 0.224. The highest BCUT2D eigenvalue weighted by atomic mass is 35.5. The zero-order valence-electron chi connectivity index (χ0n) is 21.6. The lowest BCUT2D eigenvalue weighted by Crippen LogP contribution is -2.19. The van der Waals surface area contributed by atoms with Crippen molar-refractivity contribution in [3.05, 3.63) is 117 Å². The van der Waals surface area contributed by atoms with Crippen LogP contribution in [0.15, 0.2) is 66.7 Å². The average Bonchev–Trinajstić information content (AvgIpc) is 2.91. The topological polar surface area (TPSA) is 64.6 Å². The van der Waals surface area contributed by atoms with Crippen molar-refractivity contribution in [2.75, 3.05) is 7.05 Å². The monoisotopic (exact) mass is 549 g/mol. The average molecular weight is 550 g/mol. The van der Waals surface area contributed by atoms with Gasteiger partial charge >= 0.3 is 0 Å². The lowest BCUT2D eigenvalue weighted by atomic mass is 9.91. The Morgan fingerprint density at radius 2 is 1.51 bits per heavy atom. The van der Waals surface area contributed by atoms with Crippen LogP contribution in [0, 0.1) is 25.5 Å². The molecule has 0 saturated carbocycles. The number of carbonyl (C=O) groups is 2. The number of carbonyl (C=O) groups excluding carboxylic acids is 2. The summed E-state index contributed by atoms with van der Waals surface area (Å²) in [7, 11) is 1.60. The summed E-state index contributed by atoms with van der Waals surface area (Å²) in [5, 5.41) is 2.88. The third-order valence-electron chi connectivity index (χ3n) is 6.43. The van der Waals surface area contributed by atoms with Crippen LogP contribution in [-0.2, 0) is 13.2 Å². The Bertz CT molecular complexity index is 1530. The zero-order chi connectivity index (χ0) is 28.1. The van der Waals surface area contributed by atoms with Gasteiger partial charge in [-0.3, -0.25) is 9.59 Å². The van der Waals surface area contributed by atoms with E-state index in [2.05, 4.69) is 5.32 Å². The largest absolute Gasteiger partial charge is 0.488 e. The molecule has 4 rings (SSSR count). The van der Waals surface area contributed by atoms with E-state index in [-0.39, 0.29) is 46.8 Å². The summed E-state index contributed by atoms with van der Waals surface area (Å²) in [4.78, 5) is 23.9. The molecule has 39 heavy (non-hydrogen) atoms. The number of halogens is 3. The number of aldehydes is 1. The summed E-state index contributed by atoms with van der Waals surface area (Å²) in [5.74, 6) is -1.15. The highest BCUT2D eigenvalue weighted by molar-refractivity contribution is 6.32. The molecule has 5 nitrogen and oxygen atoms in total. The smallest absolute Gasteiger partial charge is 0.251 e. The zero-order valence-corrected chi connectivity index (χ0v) is 22.4. The van der Waals surface area contributed by atoms with Crippen molar-refractivity contribution in [3.63, 3.8) is 0 Å². The molecule has 0 aliphatic heterocycles. The molecule has 4 aromatic rings. The van der Waals surface area contributed by atoms with Crippen LogP contribution in [0.4, 0.5) is 8.78 Å². The second-order valence-corrected chi connectivity index (χ2v) is 9.35. The van der Waals surface area contributed by atoms with Gasteiger partial charge in [-0.25, -0.2) is 8.78 Å². The maximum absolute atomic E-state index is 13.5. The number of ether oxygens (including phenoxy) is 2. The highest BCUT2D eigenvalue weighted by Gasteiger charge is 2.16. The fourth-order valence-electron chi connectivity index (χ4n) is 4.33. The second kappa shape index (κ2) is 12.1. The van der Waals surface area contributed by atoms with Crippen LogP contribution in [0.3, 0.4) is 0 Å². The molecular formula is C31H26ClF2NO4. The van der Waals surface area contributed by atoms with Crippen molar-refractivity contribution in [2.45, 2.75) is 27.1 Å². The molecule has 1 amide bonds. The summed E-state index contributed by atoms with van der Waals surface area (Å²) in [6.07, 6.45) is 0.583. The van der Waals surface area contributed by atoms with E-state index in [1.165, 1.54) is 12.1 Å². The van der Waals surface area contributed by atoms with Gasteiger partial charge in [0.1, 0.15) is 36.3 Å². The minimum atomic E-state index is -0.725. The molecule has 0 unspecified atom stereocenters. The van der Waals surface area contributed by atoms with E-state index in [1.807, 2.05) is 44.2 Å². The Kier molecular flexibility index (Phi) is 8.62. The highest BCUT2D eigenvalue weighted by Crippen LogP contribution is 2.35. The van der Waals surface area contributed by atoms with Gasteiger partial charge in [-0.15, -0.1) is 0 Å². The Hall–Kier alpha value is -4.23. The molecule has 0 spiro atoms. The van der Waals surface area contributed by atoms with Crippen LogP contribution in [0.5, 0.6) is 11.5 Å². The number of nitrogens with one attached hydrogen (secondary N) is 1. The Morgan fingerprint density at radius 1 is 0.872 bits per heavy atom. The number of hydrogen-bond acceptors (Lipinski definition) is 4. The molecule has 0 heterocycles. The first kappa shape index (κ1) is 27.8. The molecule has 200 valence electrons.